The number of anilines is 1. The molecule has 108 valence electrons. The Hall–Kier alpha value is -0.680. The normalized spacial score (nSPS) is 19.1. The third-order valence-corrected chi connectivity index (χ3v) is 4.93. The average molecular weight is 282 g/mol. The highest BCUT2D eigenvalue weighted by Gasteiger charge is 2.23. The molecule has 19 heavy (non-hydrogen) atoms. The highest BCUT2D eigenvalue weighted by molar-refractivity contribution is 7.15. The van der Waals surface area contributed by atoms with Gasteiger partial charge in [0.15, 0.2) is 0 Å². The molecular weight excluding hydrogens is 256 g/mol. The van der Waals surface area contributed by atoms with Crippen molar-refractivity contribution >= 4 is 16.5 Å². The first-order valence-electron chi connectivity index (χ1n) is 7.21. The molecule has 0 atom stereocenters. The van der Waals surface area contributed by atoms with Crippen molar-refractivity contribution in [2.24, 2.45) is 0 Å². The average Bonchev–Trinajstić information content (AvgIpc) is 2.78. The van der Waals surface area contributed by atoms with Gasteiger partial charge in [-0.1, -0.05) is 32.1 Å². The van der Waals surface area contributed by atoms with Crippen molar-refractivity contribution < 1.29 is 0 Å². The molecule has 0 bridgehead atoms. The van der Waals surface area contributed by atoms with Gasteiger partial charge in [0.05, 0.1) is 0 Å². The van der Waals surface area contributed by atoms with Gasteiger partial charge < -0.3 is 10.2 Å². The molecule has 1 N–H and O–H groups in total. The molecular formula is C14H26N4S. The first kappa shape index (κ1) is 14.7. The Morgan fingerprint density at radius 3 is 2.32 bits per heavy atom. The van der Waals surface area contributed by atoms with Gasteiger partial charge in [-0.05, 0) is 26.7 Å². The van der Waals surface area contributed by atoms with E-state index in [9.17, 15) is 0 Å². The van der Waals surface area contributed by atoms with E-state index in [2.05, 4.69) is 55.0 Å². The van der Waals surface area contributed by atoms with Crippen LogP contribution in [0.1, 0.15) is 52.5 Å². The van der Waals surface area contributed by atoms with Crippen LogP contribution in [-0.4, -0.2) is 40.3 Å². The summed E-state index contributed by atoms with van der Waals surface area (Å²) >= 11 is 1.69. The van der Waals surface area contributed by atoms with Crippen molar-refractivity contribution in [3.05, 3.63) is 5.01 Å². The van der Waals surface area contributed by atoms with Crippen molar-refractivity contribution in [1.29, 1.82) is 0 Å². The molecule has 2 heterocycles. The summed E-state index contributed by atoms with van der Waals surface area (Å²) in [6, 6.07) is 1.21. The summed E-state index contributed by atoms with van der Waals surface area (Å²) in [6.07, 6.45) is 2.39. The summed E-state index contributed by atoms with van der Waals surface area (Å²) in [5, 5.41) is 14.2. The highest BCUT2D eigenvalue weighted by Crippen LogP contribution is 2.28. The predicted molar refractivity (Wildman–Crippen MR) is 82.0 cm³/mol. The van der Waals surface area contributed by atoms with Crippen molar-refractivity contribution in [2.75, 3.05) is 18.4 Å². The molecule has 1 aliphatic rings. The lowest BCUT2D eigenvalue weighted by molar-refractivity contribution is 0.177. The molecule has 0 aromatic carbocycles. The lowest BCUT2D eigenvalue weighted by Gasteiger charge is -2.34. The van der Waals surface area contributed by atoms with Crippen LogP contribution in [0.25, 0.3) is 0 Å². The zero-order chi connectivity index (χ0) is 14.0. The quantitative estimate of drug-likeness (QED) is 0.925. The van der Waals surface area contributed by atoms with E-state index in [1.807, 2.05) is 0 Å². The molecule has 1 aromatic heterocycles. The van der Waals surface area contributed by atoms with Crippen LogP contribution in [0, 0.1) is 0 Å². The Kier molecular flexibility index (Phi) is 4.46. The van der Waals surface area contributed by atoms with Gasteiger partial charge in [-0.3, -0.25) is 0 Å². The highest BCUT2D eigenvalue weighted by atomic mass is 32.1. The molecule has 0 radical (unpaired) electrons. The van der Waals surface area contributed by atoms with E-state index in [0.717, 1.165) is 10.1 Å². The Morgan fingerprint density at radius 1 is 1.21 bits per heavy atom. The largest absolute Gasteiger partial charge is 0.357 e. The molecule has 0 spiro atoms. The van der Waals surface area contributed by atoms with E-state index < -0.39 is 0 Å². The van der Waals surface area contributed by atoms with Crippen LogP contribution in [0.4, 0.5) is 5.13 Å². The number of piperidine rings is 1. The standard InChI is InChI=1S/C14H26N4S/c1-10(2)18-8-6-11(7-9-18)15-13-17-16-12(19-13)14(3,4)5/h10-11H,6-9H2,1-5H3,(H,15,17). The summed E-state index contributed by atoms with van der Waals surface area (Å²) in [5.41, 5.74) is 0.0958. The predicted octanol–water partition coefficient (Wildman–Crippen LogP) is 3.12. The van der Waals surface area contributed by atoms with Crippen LogP contribution in [-0.2, 0) is 5.41 Å². The van der Waals surface area contributed by atoms with Gasteiger partial charge in [0, 0.05) is 30.6 Å². The fourth-order valence-corrected chi connectivity index (χ4v) is 3.20. The molecule has 4 nitrogen and oxygen atoms in total. The topological polar surface area (TPSA) is 41.0 Å². The van der Waals surface area contributed by atoms with Gasteiger partial charge in [-0.25, -0.2) is 0 Å². The Balaban J connectivity index is 1.87. The smallest absolute Gasteiger partial charge is 0.205 e. The van der Waals surface area contributed by atoms with Crippen molar-refractivity contribution in [2.45, 2.75) is 65.0 Å². The van der Waals surface area contributed by atoms with Crippen molar-refractivity contribution in [3.8, 4) is 0 Å². The van der Waals surface area contributed by atoms with E-state index in [1.54, 1.807) is 11.3 Å². The number of aromatic nitrogens is 2. The number of nitrogens with zero attached hydrogens (tertiary/aromatic N) is 3. The third kappa shape index (κ3) is 3.89. The number of hydrogen-bond donors (Lipinski definition) is 1. The molecule has 0 aliphatic carbocycles. The van der Waals surface area contributed by atoms with Crippen LogP contribution >= 0.6 is 11.3 Å². The van der Waals surface area contributed by atoms with Crippen LogP contribution in [0.3, 0.4) is 0 Å². The minimum atomic E-state index is 0.0958. The fourth-order valence-electron chi connectivity index (χ4n) is 2.32. The van der Waals surface area contributed by atoms with Gasteiger partial charge in [-0.15, -0.1) is 10.2 Å². The molecule has 1 saturated heterocycles. The molecule has 5 heteroatoms. The minimum absolute atomic E-state index is 0.0958. The second-order valence-electron chi connectivity index (χ2n) is 6.71. The molecule has 1 fully saturated rings. The number of rotatable bonds is 3. The summed E-state index contributed by atoms with van der Waals surface area (Å²) in [6.45, 7) is 13.4. The van der Waals surface area contributed by atoms with E-state index in [4.69, 9.17) is 0 Å². The SMILES string of the molecule is CC(C)N1CCC(Nc2nnc(C(C)(C)C)s2)CC1. The maximum Gasteiger partial charge on any atom is 0.205 e. The third-order valence-electron chi connectivity index (χ3n) is 3.65. The van der Waals surface area contributed by atoms with Gasteiger partial charge >= 0.3 is 0 Å². The van der Waals surface area contributed by atoms with E-state index in [0.29, 0.717) is 12.1 Å². The van der Waals surface area contributed by atoms with Crippen LogP contribution < -0.4 is 5.32 Å². The van der Waals surface area contributed by atoms with E-state index in [-0.39, 0.29) is 5.41 Å². The Bertz CT molecular complexity index is 400. The second kappa shape index (κ2) is 5.75. The van der Waals surface area contributed by atoms with Gasteiger partial charge in [0.1, 0.15) is 5.01 Å². The zero-order valence-corrected chi connectivity index (χ0v) is 13.5. The number of likely N-dealkylation sites (tertiary alicyclic amines) is 1. The summed E-state index contributed by atoms with van der Waals surface area (Å²) < 4.78 is 0. The molecule has 0 saturated carbocycles. The molecule has 2 rings (SSSR count). The monoisotopic (exact) mass is 282 g/mol. The number of hydrogen-bond acceptors (Lipinski definition) is 5. The van der Waals surface area contributed by atoms with Crippen LogP contribution in [0.5, 0.6) is 0 Å². The van der Waals surface area contributed by atoms with Crippen LogP contribution in [0.2, 0.25) is 0 Å². The molecule has 1 aliphatic heterocycles. The van der Waals surface area contributed by atoms with Crippen molar-refractivity contribution in [3.63, 3.8) is 0 Å². The lowest BCUT2D eigenvalue weighted by Crippen LogP contribution is -2.42. The lowest BCUT2D eigenvalue weighted by atomic mass is 9.98. The molecule has 0 amide bonds. The van der Waals surface area contributed by atoms with Gasteiger partial charge in [0.25, 0.3) is 0 Å². The summed E-state index contributed by atoms with van der Waals surface area (Å²) in [7, 11) is 0. The molecule has 0 unspecified atom stereocenters. The van der Waals surface area contributed by atoms with Gasteiger partial charge in [-0.2, -0.15) is 0 Å². The maximum atomic E-state index is 4.29. The first-order valence-corrected chi connectivity index (χ1v) is 8.02. The van der Waals surface area contributed by atoms with Crippen LogP contribution in [0.15, 0.2) is 0 Å². The second-order valence-corrected chi connectivity index (χ2v) is 7.69. The maximum absolute atomic E-state index is 4.29. The van der Waals surface area contributed by atoms with E-state index in [1.165, 1.54) is 25.9 Å². The Labute approximate surface area is 120 Å². The first-order chi connectivity index (χ1) is 8.86. The molecule has 1 aromatic rings. The summed E-state index contributed by atoms with van der Waals surface area (Å²) in [5.74, 6) is 0. The zero-order valence-electron chi connectivity index (χ0n) is 12.7. The van der Waals surface area contributed by atoms with E-state index >= 15 is 0 Å². The van der Waals surface area contributed by atoms with Crippen molar-refractivity contribution in [1.82, 2.24) is 15.1 Å². The summed E-state index contributed by atoms with van der Waals surface area (Å²) in [4.78, 5) is 2.54. The minimum Gasteiger partial charge on any atom is -0.357 e. The fraction of sp³-hybridized carbons (Fsp3) is 0.857. The van der Waals surface area contributed by atoms with Gasteiger partial charge in [0.2, 0.25) is 5.13 Å². The Morgan fingerprint density at radius 2 is 1.84 bits per heavy atom. The number of nitrogens with one attached hydrogen (secondary N) is 1.